The smallest absolute Gasteiger partial charge is 0.162 e. The van der Waals surface area contributed by atoms with Gasteiger partial charge in [0.1, 0.15) is 6.29 Å². The maximum absolute atomic E-state index is 11.1. The highest BCUT2D eigenvalue weighted by Crippen LogP contribution is 2.23. The van der Waals surface area contributed by atoms with Crippen molar-refractivity contribution in [1.29, 1.82) is 0 Å². The molecular formula is C9H6ClIO2. The quantitative estimate of drug-likeness (QED) is 0.478. The number of benzene rings is 1. The van der Waals surface area contributed by atoms with Gasteiger partial charge in [0, 0.05) is 14.7 Å². The van der Waals surface area contributed by atoms with Crippen LogP contribution in [0.25, 0.3) is 0 Å². The van der Waals surface area contributed by atoms with E-state index in [0.717, 1.165) is 0 Å². The second-order valence-electron chi connectivity index (χ2n) is 2.53. The third-order valence-corrected chi connectivity index (χ3v) is 2.70. The highest BCUT2D eigenvalue weighted by Gasteiger charge is 2.11. The highest BCUT2D eigenvalue weighted by molar-refractivity contribution is 14.1. The summed E-state index contributed by atoms with van der Waals surface area (Å²) in [5.41, 5.74) is 0.965. The summed E-state index contributed by atoms with van der Waals surface area (Å²) in [6.45, 7) is 1.45. The van der Waals surface area contributed by atoms with Gasteiger partial charge in [0.05, 0.1) is 5.02 Å². The standard InChI is InChI=1S/C9H6ClIO2/c1-5(13)9-7(10)2-6(4-12)3-8(9)11/h2-4H,1H3. The van der Waals surface area contributed by atoms with Crippen molar-refractivity contribution in [1.82, 2.24) is 0 Å². The molecule has 0 aromatic heterocycles. The minimum Gasteiger partial charge on any atom is -0.298 e. The Labute approximate surface area is 94.4 Å². The van der Waals surface area contributed by atoms with E-state index in [0.29, 0.717) is 26.0 Å². The summed E-state index contributed by atoms with van der Waals surface area (Å²) in [7, 11) is 0. The molecule has 0 spiro atoms. The zero-order chi connectivity index (χ0) is 10.0. The molecule has 0 aliphatic heterocycles. The fourth-order valence-corrected chi connectivity index (χ4v) is 2.55. The molecule has 0 unspecified atom stereocenters. The van der Waals surface area contributed by atoms with Crippen LogP contribution in [0.4, 0.5) is 0 Å². The molecular weight excluding hydrogens is 302 g/mol. The largest absolute Gasteiger partial charge is 0.298 e. The van der Waals surface area contributed by atoms with Gasteiger partial charge in [-0.1, -0.05) is 11.6 Å². The molecule has 2 nitrogen and oxygen atoms in total. The van der Waals surface area contributed by atoms with Crippen molar-refractivity contribution in [2.75, 3.05) is 0 Å². The van der Waals surface area contributed by atoms with Crippen molar-refractivity contribution in [2.45, 2.75) is 6.92 Å². The van der Waals surface area contributed by atoms with Crippen LogP contribution >= 0.6 is 34.2 Å². The van der Waals surface area contributed by atoms with Gasteiger partial charge >= 0.3 is 0 Å². The second kappa shape index (κ2) is 4.19. The fraction of sp³-hybridized carbons (Fsp3) is 0.111. The first-order chi connectivity index (χ1) is 6.06. The van der Waals surface area contributed by atoms with Crippen LogP contribution in [-0.2, 0) is 0 Å². The van der Waals surface area contributed by atoms with Crippen LogP contribution in [0.15, 0.2) is 12.1 Å². The van der Waals surface area contributed by atoms with Crippen LogP contribution in [0.1, 0.15) is 27.6 Å². The van der Waals surface area contributed by atoms with Gasteiger partial charge in [0.25, 0.3) is 0 Å². The number of hydrogen-bond acceptors (Lipinski definition) is 2. The lowest BCUT2D eigenvalue weighted by molar-refractivity contribution is 0.101. The number of halogens is 2. The predicted molar refractivity (Wildman–Crippen MR) is 59.6 cm³/mol. The lowest BCUT2D eigenvalue weighted by Crippen LogP contribution is -1.98. The molecule has 0 N–H and O–H groups in total. The minimum atomic E-state index is -0.0909. The Hall–Kier alpha value is -0.420. The fourth-order valence-electron chi connectivity index (χ4n) is 0.997. The van der Waals surface area contributed by atoms with Gasteiger partial charge in [0.15, 0.2) is 5.78 Å². The molecule has 4 heteroatoms. The van der Waals surface area contributed by atoms with Gasteiger partial charge in [0.2, 0.25) is 0 Å². The van der Waals surface area contributed by atoms with Gasteiger partial charge in [-0.2, -0.15) is 0 Å². The molecule has 0 atom stereocenters. The molecule has 1 aromatic rings. The van der Waals surface area contributed by atoms with Crippen molar-refractivity contribution in [3.05, 3.63) is 31.9 Å². The summed E-state index contributed by atoms with van der Waals surface area (Å²) >= 11 is 7.81. The Morgan fingerprint density at radius 1 is 1.54 bits per heavy atom. The Bertz CT molecular complexity index is 351. The normalized spacial score (nSPS) is 9.77. The summed E-state index contributed by atoms with van der Waals surface area (Å²) in [6, 6.07) is 3.13. The summed E-state index contributed by atoms with van der Waals surface area (Å²) in [5, 5.41) is 0.335. The van der Waals surface area contributed by atoms with Crippen LogP contribution in [-0.4, -0.2) is 12.1 Å². The summed E-state index contributed by atoms with van der Waals surface area (Å²) in [6.07, 6.45) is 0.706. The van der Waals surface area contributed by atoms with Crippen molar-refractivity contribution in [3.63, 3.8) is 0 Å². The van der Waals surface area contributed by atoms with Gasteiger partial charge in [-0.3, -0.25) is 9.59 Å². The number of aldehydes is 1. The van der Waals surface area contributed by atoms with Gasteiger partial charge in [-0.15, -0.1) is 0 Å². The zero-order valence-corrected chi connectivity index (χ0v) is 9.72. The molecule has 0 amide bonds. The SMILES string of the molecule is CC(=O)c1c(Cl)cc(C=O)cc1I. The molecule has 0 fully saturated rings. The van der Waals surface area contributed by atoms with Crippen molar-refractivity contribution in [2.24, 2.45) is 0 Å². The van der Waals surface area contributed by atoms with E-state index in [1.165, 1.54) is 13.0 Å². The summed E-state index contributed by atoms with van der Waals surface area (Å²) < 4.78 is 0.708. The molecule has 68 valence electrons. The molecule has 1 aromatic carbocycles. The first-order valence-electron chi connectivity index (χ1n) is 3.51. The van der Waals surface area contributed by atoms with Crippen molar-refractivity contribution in [3.8, 4) is 0 Å². The zero-order valence-electron chi connectivity index (χ0n) is 6.80. The number of carbonyl (C=O) groups is 2. The summed E-state index contributed by atoms with van der Waals surface area (Å²) in [5.74, 6) is -0.0909. The Kier molecular flexibility index (Phi) is 3.44. The highest BCUT2D eigenvalue weighted by atomic mass is 127. The number of ketones is 1. The number of rotatable bonds is 2. The van der Waals surface area contributed by atoms with Crippen LogP contribution in [0.2, 0.25) is 5.02 Å². The molecule has 0 saturated heterocycles. The van der Waals surface area contributed by atoms with Crippen LogP contribution in [0.3, 0.4) is 0 Å². The average Bonchev–Trinajstić information content (AvgIpc) is 2.02. The molecule has 0 aliphatic carbocycles. The maximum Gasteiger partial charge on any atom is 0.162 e. The Morgan fingerprint density at radius 2 is 2.15 bits per heavy atom. The van der Waals surface area contributed by atoms with Crippen LogP contribution in [0, 0.1) is 3.57 Å². The third kappa shape index (κ3) is 2.28. The van der Waals surface area contributed by atoms with Crippen LogP contribution < -0.4 is 0 Å². The van der Waals surface area contributed by atoms with E-state index in [-0.39, 0.29) is 5.78 Å². The number of Topliss-reactive ketones (excluding diaryl/α,β-unsaturated/α-hetero) is 1. The molecule has 1 rings (SSSR count). The first kappa shape index (κ1) is 10.7. The predicted octanol–water partition coefficient (Wildman–Crippen LogP) is 2.96. The number of carbonyl (C=O) groups excluding carboxylic acids is 2. The van der Waals surface area contributed by atoms with Crippen LogP contribution in [0.5, 0.6) is 0 Å². The van der Waals surface area contributed by atoms with E-state index in [9.17, 15) is 9.59 Å². The minimum absolute atomic E-state index is 0.0909. The lowest BCUT2D eigenvalue weighted by atomic mass is 10.1. The topological polar surface area (TPSA) is 34.1 Å². The second-order valence-corrected chi connectivity index (χ2v) is 4.10. The Morgan fingerprint density at radius 3 is 2.54 bits per heavy atom. The first-order valence-corrected chi connectivity index (χ1v) is 4.97. The van der Waals surface area contributed by atoms with E-state index in [2.05, 4.69) is 0 Å². The molecule has 0 saturated carbocycles. The molecule has 0 radical (unpaired) electrons. The van der Waals surface area contributed by atoms with Crippen molar-refractivity contribution < 1.29 is 9.59 Å². The van der Waals surface area contributed by atoms with Gasteiger partial charge in [-0.25, -0.2) is 0 Å². The average molecular weight is 309 g/mol. The molecule has 0 aliphatic rings. The van der Waals surface area contributed by atoms with E-state index in [1.54, 1.807) is 6.07 Å². The molecule has 13 heavy (non-hydrogen) atoms. The molecule has 0 bridgehead atoms. The summed E-state index contributed by atoms with van der Waals surface area (Å²) in [4.78, 5) is 21.6. The van der Waals surface area contributed by atoms with E-state index >= 15 is 0 Å². The lowest BCUT2D eigenvalue weighted by Gasteiger charge is -2.03. The third-order valence-electron chi connectivity index (χ3n) is 1.55. The van der Waals surface area contributed by atoms with Crippen molar-refractivity contribution >= 4 is 46.3 Å². The monoisotopic (exact) mass is 308 g/mol. The van der Waals surface area contributed by atoms with Gasteiger partial charge < -0.3 is 0 Å². The van der Waals surface area contributed by atoms with E-state index in [4.69, 9.17) is 11.6 Å². The maximum atomic E-state index is 11.1. The molecule has 0 heterocycles. The van der Waals surface area contributed by atoms with Gasteiger partial charge in [-0.05, 0) is 41.6 Å². The number of hydrogen-bond donors (Lipinski definition) is 0. The Balaban J connectivity index is 3.39. The van der Waals surface area contributed by atoms with E-state index < -0.39 is 0 Å². The van der Waals surface area contributed by atoms with E-state index in [1.807, 2.05) is 22.6 Å².